The Balaban J connectivity index is 1.52. The lowest BCUT2D eigenvalue weighted by atomic mass is 10.1. The molecule has 0 saturated carbocycles. The number of fused-ring (bicyclic) bond motifs is 2. The molecule has 0 fully saturated rings. The Morgan fingerprint density at radius 1 is 0.742 bits per heavy atom. The van der Waals surface area contributed by atoms with E-state index < -0.39 is 0 Å². The number of halogens is 1. The van der Waals surface area contributed by atoms with E-state index in [2.05, 4.69) is 30.1 Å². The minimum absolute atomic E-state index is 0.293. The summed E-state index contributed by atoms with van der Waals surface area (Å²) in [4.78, 5) is 16.8. The van der Waals surface area contributed by atoms with Crippen molar-refractivity contribution in [2.24, 2.45) is 0 Å². The summed E-state index contributed by atoms with van der Waals surface area (Å²) in [5, 5.41) is 9.27. The topological polar surface area (TPSA) is 83.1 Å². The van der Waals surface area contributed by atoms with E-state index in [4.69, 9.17) is 0 Å². The molecule has 6 rings (SSSR count). The molecule has 0 bridgehead atoms. The number of aromatic nitrogens is 6. The van der Waals surface area contributed by atoms with Gasteiger partial charge in [-0.1, -0.05) is 18.2 Å². The highest BCUT2D eigenvalue weighted by molar-refractivity contribution is 5.99. The fourth-order valence-corrected chi connectivity index (χ4v) is 3.83. The number of hydrogen-bond donors (Lipinski definition) is 2. The van der Waals surface area contributed by atoms with Gasteiger partial charge < -0.3 is 4.98 Å². The van der Waals surface area contributed by atoms with E-state index in [0.29, 0.717) is 11.3 Å². The average Bonchev–Trinajstić information content (AvgIpc) is 3.43. The summed E-state index contributed by atoms with van der Waals surface area (Å²) in [5.41, 5.74) is 6.36. The van der Waals surface area contributed by atoms with Gasteiger partial charge in [-0.3, -0.25) is 15.1 Å². The van der Waals surface area contributed by atoms with Crippen LogP contribution in [-0.2, 0) is 0 Å². The van der Waals surface area contributed by atoms with E-state index in [9.17, 15) is 4.39 Å². The van der Waals surface area contributed by atoms with Gasteiger partial charge in [-0.25, -0.2) is 9.37 Å². The second kappa shape index (κ2) is 6.84. The summed E-state index contributed by atoms with van der Waals surface area (Å²) in [6.45, 7) is 0. The van der Waals surface area contributed by atoms with Crippen LogP contribution in [0.4, 0.5) is 4.39 Å². The van der Waals surface area contributed by atoms with Crippen molar-refractivity contribution in [1.82, 2.24) is 30.1 Å². The van der Waals surface area contributed by atoms with Crippen LogP contribution in [-0.4, -0.2) is 30.1 Å². The Bertz CT molecular complexity index is 1550. The van der Waals surface area contributed by atoms with Gasteiger partial charge in [-0.2, -0.15) is 5.10 Å². The molecule has 0 amide bonds. The maximum absolute atomic E-state index is 13.8. The zero-order valence-corrected chi connectivity index (χ0v) is 16.2. The van der Waals surface area contributed by atoms with Crippen LogP contribution in [0.1, 0.15) is 0 Å². The average molecular weight is 406 g/mol. The summed E-state index contributed by atoms with van der Waals surface area (Å²) in [5.74, 6) is -0.293. The molecule has 0 aliphatic carbocycles. The lowest BCUT2D eigenvalue weighted by Crippen LogP contribution is -1.85. The number of benzene rings is 1. The van der Waals surface area contributed by atoms with E-state index >= 15 is 0 Å². The maximum Gasteiger partial charge on any atom is 0.155 e. The molecule has 6 aromatic rings. The van der Waals surface area contributed by atoms with Crippen LogP contribution in [0.3, 0.4) is 0 Å². The number of aromatic amines is 2. The smallest absolute Gasteiger partial charge is 0.155 e. The molecular formula is C24H15FN6. The largest absolute Gasteiger partial charge is 0.353 e. The molecule has 5 heterocycles. The Labute approximate surface area is 175 Å². The predicted octanol–water partition coefficient (Wildman–Crippen LogP) is 5.37. The van der Waals surface area contributed by atoms with Gasteiger partial charge in [0.1, 0.15) is 11.5 Å². The molecule has 31 heavy (non-hydrogen) atoms. The highest BCUT2D eigenvalue weighted by Crippen LogP contribution is 2.33. The monoisotopic (exact) mass is 406 g/mol. The van der Waals surface area contributed by atoms with Gasteiger partial charge in [0.25, 0.3) is 0 Å². The van der Waals surface area contributed by atoms with Gasteiger partial charge >= 0.3 is 0 Å². The number of pyridine rings is 3. The number of hydrogen-bond acceptors (Lipinski definition) is 4. The van der Waals surface area contributed by atoms with E-state index in [-0.39, 0.29) is 5.82 Å². The standard InChI is InChI=1S/C24H15FN6/c25-16-5-3-4-14(10-16)22-17-12-21(29-20(17)7-9-27-22)23-18-11-15(13-28-24(18)31-30-23)19-6-1-2-8-26-19/h1-13,29H,(H,28,30,31). The first-order chi connectivity index (χ1) is 15.3. The molecule has 0 radical (unpaired) electrons. The second-order valence-corrected chi connectivity index (χ2v) is 7.22. The molecule has 0 aliphatic heterocycles. The van der Waals surface area contributed by atoms with Crippen molar-refractivity contribution >= 4 is 21.9 Å². The van der Waals surface area contributed by atoms with Crippen LogP contribution in [0.5, 0.6) is 0 Å². The van der Waals surface area contributed by atoms with E-state index in [1.54, 1.807) is 24.7 Å². The zero-order valence-electron chi connectivity index (χ0n) is 16.2. The van der Waals surface area contributed by atoms with Crippen molar-refractivity contribution in [3.05, 3.63) is 85.1 Å². The van der Waals surface area contributed by atoms with Crippen LogP contribution in [0, 0.1) is 5.82 Å². The lowest BCUT2D eigenvalue weighted by Gasteiger charge is -2.02. The molecule has 5 aromatic heterocycles. The minimum Gasteiger partial charge on any atom is -0.353 e. The molecule has 7 heteroatoms. The molecule has 0 atom stereocenters. The van der Waals surface area contributed by atoms with Crippen LogP contribution >= 0.6 is 0 Å². The van der Waals surface area contributed by atoms with Crippen LogP contribution in [0.25, 0.3) is 55.8 Å². The zero-order chi connectivity index (χ0) is 20.8. The van der Waals surface area contributed by atoms with Crippen LogP contribution in [0.15, 0.2) is 79.3 Å². The summed E-state index contributed by atoms with van der Waals surface area (Å²) in [6, 6.07) is 18.1. The third kappa shape index (κ3) is 2.95. The van der Waals surface area contributed by atoms with Gasteiger partial charge in [0, 0.05) is 46.0 Å². The summed E-state index contributed by atoms with van der Waals surface area (Å²) < 4.78 is 13.8. The summed E-state index contributed by atoms with van der Waals surface area (Å²) >= 11 is 0. The SMILES string of the molecule is Fc1cccc(-c2nccc3[nH]c(-c4n[nH]c5ncc(-c6ccccn6)cc45)cc23)c1. The Morgan fingerprint density at radius 2 is 1.71 bits per heavy atom. The van der Waals surface area contributed by atoms with Gasteiger partial charge in [0.05, 0.1) is 17.1 Å². The molecule has 0 unspecified atom stereocenters. The van der Waals surface area contributed by atoms with Crippen LogP contribution < -0.4 is 0 Å². The van der Waals surface area contributed by atoms with Gasteiger partial charge in [-0.05, 0) is 42.5 Å². The Morgan fingerprint density at radius 3 is 2.58 bits per heavy atom. The first-order valence-corrected chi connectivity index (χ1v) is 9.76. The molecule has 0 saturated heterocycles. The minimum atomic E-state index is -0.293. The van der Waals surface area contributed by atoms with E-state index in [1.807, 2.05) is 42.5 Å². The molecule has 6 nitrogen and oxygen atoms in total. The molecule has 148 valence electrons. The highest BCUT2D eigenvalue weighted by atomic mass is 19.1. The first-order valence-electron chi connectivity index (χ1n) is 9.76. The fraction of sp³-hybridized carbons (Fsp3) is 0. The lowest BCUT2D eigenvalue weighted by molar-refractivity contribution is 0.628. The number of nitrogens with zero attached hydrogens (tertiary/aromatic N) is 4. The summed E-state index contributed by atoms with van der Waals surface area (Å²) in [6.07, 6.45) is 5.25. The molecule has 2 N–H and O–H groups in total. The van der Waals surface area contributed by atoms with Crippen molar-refractivity contribution in [2.75, 3.05) is 0 Å². The van der Waals surface area contributed by atoms with Crippen molar-refractivity contribution in [2.45, 2.75) is 0 Å². The predicted molar refractivity (Wildman–Crippen MR) is 118 cm³/mol. The number of H-pyrrole nitrogens is 2. The summed E-state index contributed by atoms with van der Waals surface area (Å²) in [7, 11) is 0. The van der Waals surface area contributed by atoms with Crippen molar-refractivity contribution < 1.29 is 4.39 Å². The van der Waals surface area contributed by atoms with Crippen molar-refractivity contribution in [3.8, 4) is 33.9 Å². The fourth-order valence-electron chi connectivity index (χ4n) is 3.83. The molecular weight excluding hydrogens is 391 g/mol. The molecule has 1 aromatic carbocycles. The highest BCUT2D eigenvalue weighted by Gasteiger charge is 2.15. The van der Waals surface area contributed by atoms with E-state index in [0.717, 1.165) is 44.5 Å². The molecule has 0 spiro atoms. The Kier molecular flexibility index (Phi) is 3.86. The third-order valence-electron chi connectivity index (χ3n) is 5.28. The normalized spacial score (nSPS) is 11.4. The van der Waals surface area contributed by atoms with Crippen molar-refractivity contribution in [3.63, 3.8) is 0 Å². The Hall–Kier alpha value is -4.39. The quantitative estimate of drug-likeness (QED) is 0.414. The number of nitrogens with one attached hydrogen (secondary N) is 2. The van der Waals surface area contributed by atoms with Crippen LogP contribution in [0.2, 0.25) is 0 Å². The molecule has 0 aliphatic rings. The van der Waals surface area contributed by atoms with Gasteiger partial charge in [-0.15, -0.1) is 0 Å². The van der Waals surface area contributed by atoms with Gasteiger partial charge in [0.15, 0.2) is 5.65 Å². The number of rotatable bonds is 3. The third-order valence-corrected chi connectivity index (χ3v) is 5.28. The first kappa shape index (κ1) is 17.5. The van der Waals surface area contributed by atoms with Gasteiger partial charge in [0.2, 0.25) is 0 Å². The van der Waals surface area contributed by atoms with Crippen molar-refractivity contribution in [1.29, 1.82) is 0 Å². The second-order valence-electron chi connectivity index (χ2n) is 7.22. The van der Waals surface area contributed by atoms with E-state index in [1.165, 1.54) is 12.1 Å². The maximum atomic E-state index is 13.8.